The summed E-state index contributed by atoms with van der Waals surface area (Å²) in [5.41, 5.74) is 3.44. The standard InChI is InChI=1S/C17H16ClN3O2/c1-11-7-8-12(23-10-22-2)9-15(11)21-17-16(18)19-13-5-3-4-6-14(13)20-17/h3-9H,10H2,1-2H3,(H,20,21). The molecule has 0 fully saturated rings. The second-order valence-electron chi connectivity index (χ2n) is 5.00. The first-order chi connectivity index (χ1) is 11.2. The molecule has 0 aliphatic carbocycles. The molecule has 0 saturated heterocycles. The molecule has 0 saturated carbocycles. The van der Waals surface area contributed by atoms with E-state index in [1.54, 1.807) is 7.11 Å². The van der Waals surface area contributed by atoms with Gasteiger partial charge in [-0.15, -0.1) is 0 Å². The summed E-state index contributed by atoms with van der Waals surface area (Å²) in [5.74, 6) is 1.21. The monoisotopic (exact) mass is 329 g/mol. The lowest BCUT2D eigenvalue weighted by Crippen LogP contribution is -2.02. The van der Waals surface area contributed by atoms with E-state index in [4.69, 9.17) is 21.1 Å². The zero-order valence-electron chi connectivity index (χ0n) is 12.8. The van der Waals surface area contributed by atoms with Crippen molar-refractivity contribution in [2.75, 3.05) is 19.2 Å². The van der Waals surface area contributed by atoms with Gasteiger partial charge in [-0.3, -0.25) is 0 Å². The maximum absolute atomic E-state index is 6.24. The number of ether oxygens (including phenoxy) is 2. The van der Waals surface area contributed by atoms with Crippen LogP contribution in [-0.4, -0.2) is 23.9 Å². The fourth-order valence-electron chi connectivity index (χ4n) is 2.14. The molecule has 3 rings (SSSR count). The number of halogens is 1. The first kappa shape index (κ1) is 15.5. The number of rotatable bonds is 5. The van der Waals surface area contributed by atoms with Gasteiger partial charge in [0.15, 0.2) is 17.8 Å². The number of hydrogen-bond acceptors (Lipinski definition) is 5. The zero-order chi connectivity index (χ0) is 16.2. The van der Waals surface area contributed by atoms with Crippen molar-refractivity contribution in [1.82, 2.24) is 9.97 Å². The molecule has 3 aromatic rings. The number of benzene rings is 2. The van der Waals surface area contributed by atoms with Crippen LogP contribution in [0, 0.1) is 6.92 Å². The summed E-state index contributed by atoms with van der Waals surface area (Å²) in [7, 11) is 1.58. The Bertz CT molecular complexity index is 839. The van der Waals surface area contributed by atoms with Crippen LogP contribution in [0.4, 0.5) is 11.5 Å². The highest BCUT2D eigenvalue weighted by atomic mass is 35.5. The topological polar surface area (TPSA) is 56.3 Å². The van der Waals surface area contributed by atoms with Crippen LogP contribution in [0.5, 0.6) is 5.75 Å². The Kier molecular flexibility index (Phi) is 4.60. The SMILES string of the molecule is COCOc1ccc(C)c(Nc2nc3ccccc3nc2Cl)c1. The number of aryl methyl sites for hydroxylation is 1. The molecule has 0 amide bonds. The maximum Gasteiger partial charge on any atom is 0.188 e. The first-order valence-corrected chi connectivity index (χ1v) is 7.47. The van der Waals surface area contributed by atoms with Gasteiger partial charge in [0.05, 0.1) is 11.0 Å². The van der Waals surface area contributed by atoms with E-state index >= 15 is 0 Å². The quantitative estimate of drug-likeness (QED) is 0.706. The molecule has 0 aliphatic heterocycles. The number of aromatic nitrogens is 2. The Morgan fingerprint density at radius 3 is 2.57 bits per heavy atom. The van der Waals surface area contributed by atoms with Crippen LogP contribution in [0.1, 0.15) is 5.56 Å². The molecule has 0 spiro atoms. The van der Waals surface area contributed by atoms with Gasteiger partial charge < -0.3 is 14.8 Å². The number of anilines is 2. The summed E-state index contributed by atoms with van der Waals surface area (Å²) in [5, 5.41) is 3.55. The molecule has 0 aliphatic rings. The van der Waals surface area contributed by atoms with E-state index in [2.05, 4.69) is 15.3 Å². The second kappa shape index (κ2) is 6.81. The zero-order valence-corrected chi connectivity index (χ0v) is 13.6. The van der Waals surface area contributed by atoms with Crippen LogP contribution in [-0.2, 0) is 4.74 Å². The van der Waals surface area contributed by atoms with Gasteiger partial charge >= 0.3 is 0 Å². The van der Waals surface area contributed by atoms with Gasteiger partial charge in [0.1, 0.15) is 5.75 Å². The smallest absolute Gasteiger partial charge is 0.188 e. The summed E-state index contributed by atoms with van der Waals surface area (Å²) in [6.45, 7) is 2.18. The van der Waals surface area contributed by atoms with E-state index in [9.17, 15) is 0 Å². The summed E-state index contributed by atoms with van der Waals surface area (Å²) >= 11 is 6.24. The number of fused-ring (bicyclic) bond motifs is 1. The summed E-state index contributed by atoms with van der Waals surface area (Å²) in [4.78, 5) is 8.89. The van der Waals surface area contributed by atoms with Gasteiger partial charge in [-0.1, -0.05) is 29.8 Å². The Morgan fingerprint density at radius 2 is 1.83 bits per heavy atom. The first-order valence-electron chi connectivity index (χ1n) is 7.09. The lowest BCUT2D eigenvalue weighted by molar-refractivity contribution is 0.0511. The lowest BCUT2D eigenvalue weighted by Gasteiger charge is -2.13. The Hall–Kier alpha value is -2.37. The van der Waals surface area contributed by atoms with Gasteiger partial charge in [0.25, 0.3) is 0 Å². The van der Waals surface area contributed by atoms with Crippen molar-refractivity contribution in [3.05, 3.63) is 53.2 Å². The van der Waals surface area contributed by atoms with Crippen LogP contribution < -0.4 is 10.1 Å². The third-order valence-corrected chi connectivity index (χ3v) is 3.60. The second-order valence-corrected chi connectivity index (χ2v) is 5.36. The molecule has 118 valence electrons. The van der Waals surface area contributed by atoms with Gasteiger partial charge in [-0.05, 0) is 30.7 Å². The predicted octanol–water partition coefficient (Wildman–Crippen LogP) is 4.32. The molecule has 0 bridgehead atoms. The van der Waals surface area contributed by atoms with Gasteiger partial charge in [0.2, 0.25) is 0 Å². The molecule has 1 heterocycles. The molecule has 0 unspecified atom stereocenters. The molecule has 0 atom stereocenters. The average molecular weight is 330 g/mol. The Labute approximate surface area is 139 Å². The molecule has 23 heavy (non-hydrogen) atoms. The van der Waals surface area contributed by atoms with Crippen LogP contribution >= 0.6 is 11.6 Å². The van der Waals surface area contributed by atoms with Crippen molar-refractivity contribution < 1.29 is 9.47 Å². The minimum atomic E-state index is 0.193. The third-order valence-electron chi connectivity index (χ3n) is 3.33. The van der Waals surface area contributed by atoms with Crippen LogP contribution in [0.15, 0.2) is 42.5 Å². The van der Waals surface area contributed by atoms with Crippen molar-refractivity contribution >= 4 is 34.1 Å². The van der Waals surface area contributed by atoms with Crippen LogP contribution in [0.2, 0.25) is 5.15 Å². The fraction of sp³-hybridized carbons (Fsp3) is 0.176. The van der Waals surface area contributed by atoms with E-state index in [1.807, 2.05) is 49.4 Å². The summed E-state index contributed by atoms with van der Waals surface area (Å²) in [6.07, 6.45) is 0. The fourth-order valence-corrected chi connectivity index (χ4v) is 2.32. The molecular weight excluding hydrogens is 314 g/mol. The predicted molar refractivity (Wildman–Crippen MR) is 91.5 cm³/mol. The van der Waals surface area contributed by atoms with E-state index in [1.165, 1.54) is 0 Å². The number of para-hydroxylation sites is 2. The van der Waals surface area contributed by atoms with Crippen molar-refractivity contribution in [3.63, 3.8) is 0 Å². The highest BCUT2D eigenvalue weighted by molar-refractivity contribution is 6.32. The minimum absolute atomic E-state index is 0.193. The molecule has 2 aromatic carbocycles. The largest absolute Gasteiger partial charge is 0.467 e. The summed E-state index contributed by atoms with van der Waals surface area (Å²) < 4.78 is 10.4. The molecular formula is C17H16ClN3O2. The van der Waals surface area contributed by atoms with E-state index in [0.717, 1.165) is 22.3 Å². The van der Waals surface area contributed by atoms with Crippen molar-refractivity contribution in [3.8, 4) is 5.75 Å². The molecule has 0 radical (unpaired) electrons. The Balaban J connectivity index is 1.93. The third kappa shape index (κ3) is 3.52. The van der Waals surface area contributed by atoms with Crippen LogP contribution in [0.25, 0.3) is 11.0 Å². The number of hydrogen-bond donors (Lipinski definition) is 1. The Morgan fingerprint density at radius 1 is 1.09 bits per heavy atom. The molecule has 1 N–H and O–H groups in total. The normalized spacial score (nSPS) is 10.7. The van der Waals surface area contributed by atoms with Gasteiger partial charge in [-0.2, -0.15) is 0 Å². The van der Waals surface area contributed by atoms with E-state index < -0.39 is 0 Å². The number of methoxy groups -OCH3 is 1. The highest BCUT2D eigenvalue weighted by Crippen LogP contribution is 2.28. The highest BCUT2D eigenvalue weighted by Gasteiger charge is 2.09. The van der Waals surface area contributed by atoms with Gasteiger partial charge in [-0.25, -0.2) is 9.97 Å². The van der Waals surface area contributed by atoms with E-state index in [-0.39, 0.29) is 6.79 Å². The lowest BCUT2D eigenvalue weighted by atomic mass is 10.2. The summed E-state index contributed by atoms with van der Waals surface area (Å²) in [6, 6.07) is 13.3. The maximum atomic E-state index is 6.24. The van der Waals surface area contributed by atoms with Crippen LogP contribution in [0.3, 0.4) is 0 Å². The van der Waals surface area contributed by atoms with Crippen molar-refractivity contribution in [1.29, 1.82) is 0 Å². The van der Waals surface area contributed by atoms with E-state index in [0.29, 0.717) is 16.7 Å². The average Bonchev–Trinajstić information content (AvgIpc) is 2.56. The molecule has 5 nitrogen and oxygen atoms in total. The molecule has 6 heteroatoms. The number of nitrogens with zero attached hydrogens (tertiary/aromatic N) is 2. The molecule has 1 aromatic heterocycles. The van der Waals surface area contributed by atoms with Crippen molar-refractivity contribution in [2.45, 2.75) is 6.92 Å². The van der Waals surface area contributed by atoms with Crippen molar-refractivity contribution in [2.24, 2.45) is 0 Å². The number of nitrogens with one attached hydrogen (secondary N) is 1. The van der Waals surface area contributed by atoms with Gasteiger partial charge in [0, 0.05) is 18.9 Å². The minimum Gasteiger partial charge on any atom is -0.467 e.